The number of carbonyl (C=O) groups is 2. The summed E-state index contributed by atoms with van der Waals surface area (Å²) in [6.45, 7) is 7.27. The fraction of sp³-hybridized carbons (Fsp3) is 0.417. The fourth-order valence-electron chi connectivity index (χ4n) is 3.41. The molecule has 0 aromatic heterocycles. The van der Waals surface area contributed by atoms with Gasteiger partial charge in [0.15, 0.2) is 6.61 Å². The molecule has 33 heavy (non-hydrogen) atoms. The van der Waals surface area contributed by atoms with Crippen molar-refractivity contribution in [3.05, 3.63) is 65.5 Å². The van der Waals surface area contributed by atoms with E-state index >= 15 is 0 Å². The maximum atomic E-state index is 14.3. The molecule has 0 saturated heterocycles. The third-order valence-corrected chi connectivity index (χ3v) is 7.13. The van der Waals surface area contributed by atoms with Gasteiger partial charge in [-0.15, -0.1) is 0 Å². The monoisotopic (exact) mass is 478 g/mol. The van der Waals surface area contributed by atoms with Gasteiger partial charge in [-0.2, -0.15) is 4.31 Å². The summed E-state index contributed by atoms with van der Waals surface area (Å²) in [5.74, 6) is -2.27. The van der Waals surface area contributed by atoms with Crippen molar-refractivity contribution in [3.8, 4) is 0 Å². The molecular weight excluding hydrogens is 447 g/mol. The average Bonchev–Trinajstić information content (AvgIpc) is 2.78. The minimum absolute atomic E-state index is 0.218. The second kappa shape index (κ2) is 11.9. The maximum Gasteiger partial charge on any atom is 0.341 e. The number of hydrogen-bond donors (Lipinski definition) is 1. The van der Waals surface area contributed by atoms with Crippen LogP contribution in [0.5, 0.6) is 0 Å². The quantitative estimate of drug-likeness (QED) is 0.494. The van der Waals surface area contributed by atoms with Crippen LogP contribution in [-0.4, -0.2) is 44.3 Å². The summed E-state index contributed by atoms with van der Waals surface area (Å²) in [5, 5.41) is 2.84. The molecule has 0 heterocycles. The van der Waals surface area contributed by atoms with Crippen molar-refractivity contribution in [1.29, 1.82) is 0 Å². The zero-order chi connectivity index (χ0) is 24.6. The number of hydrogen-bond acceptors (Lipinski definition) is 5. The van der Waals surface area contributed by atoms with Gasteiger partial charge in [0.1, 0.15) is 5.82 Å². The van der Waals surface area contributed by atoms with Crippen LogP contribution in [0, 0.1) is 11.7 Å². The van der Waals surface area contributed by atoms with Gasteiger partial charge in [0.25, 0.3) is 5.91 Å². The SMILES string of the molecule is CCN(CC)S(=O)(=O)c1ccc(F)c(C(=O)OCC(=O)NC(CC(C)C)c2ccccc2)c1. The summed E-state index contributed by atoms with van der Waals surface area (Å²) in [7, 11) is -3.88. The lowest BCUT2D eigenvalue weighted by molar-refractivity contribution is -0.125. The standard InChI is InChI=1S/C24H31FN2O5S/c1-5-27(6-2)33(30,31)19-12-13-21(25)20(15-19)24(29)32-16-23(28)26-22(14-17(3)4)18-10-8-7-9-11-18/h7-13,15,17,22H,5-6,14,16H2,1-4H3,(H,26,28). The predicted molar refractivity (Wildman–Crippen MR) is 124 cm³/mol. The fourth-order valence-corrected chi connectivity index (χ4v) is 4.90. The Hall–Kier alpha value is -2.78. The van der Waals surface area contributed by atoms with Gasteiger partial charge in [0.05, 0.1) is 16.5 Å². The predicted octanol–water partition coefficient (Wildman–Crippen LogP) is 3.92. The Bertz CT molecular complexity index is 1050. The molecule has 0 aliphatic heterocycles. The van der Waals surface area contributed by atoms with Crippen LogP contribution in [0.2, 0.25) is 0 Å². The molecule has 180 valence electrons. The third kappa shape index (κ3) is 7.10. The normalized spacial score (nSPS) is 12.6. The van der Waals surface area contributed by atoms with E-state index in [2.05, 4.69) is 5.32 Å². The molecule has 0 spiro atoms. The van der Waals surface area contributed by atoms with Crippen molar-refractivity contribution < 1.29 is 27.1 Å². The van der Waals surface area contributed by atoms with Crippen molar-refractivity contribution in [2.75, 3.05) is 19.7 Å². The largest absolute Gasteiger partial charge is 0.452 e. The van der Waals surface area contributed by atoms with Crippen molar-refractivity contribution in [2.45, 2.75) is 45.1 Å². The zero-order valence-corrected chi connectivity index (χ0v) is 20.2. The molecule has 0 aliphatic rings. The summed E-state index contributed by atoms with van der Waals surface area (Å²) in [6, 6.07) is 12.1. The molecular formula is C24H31FN2O5S. The van der Waals surface area contributed by atoms with Crippen molar-refractivity contribution in [2.24, 2.45) is 5.92 Å². The lowest BCUT2D eigenvalue weighted by Crippen LogP contribution is -2.33. The Balaban J connectivity index is 2.11. The van der Waals surface area contributed by atoms with E-state index in [0.717, 1.165) is 23.8 Å². The molecule has 0 saturated carbocycles. The lowest BCUT2D eigenvalue weighted by atomic mass is 9.97. The Morgan fingerprint density at radius 2 is 1.70 bits per heavy atom. The lowest BCUT2D eigenvalue weighted by Gasteiger charge is -2.21. The van der Waals surface area contributed by atoms with E-state index in [0.29, 0.717) is 12.3 Å². The van der Waals surface area contributed by atoms with Gasteiger partial charge >= 0.3 is 5.97 Å². The first-order valence-corrected chi connectivity index (χ1v) is 12.3. The number of ether oxygens (including phenoxy) is 1. The van der Waals surface area contributed by atoms with Crippen LogP contribution in [0.1, 0.15) is 56.1 Å². The highest BCUT2D eigenvalue weighted by Crippen LogP contribution is 2.22. The van der Waals surface area contributed by atoms with Crippen LogP contribution in [0.25, 0.3) is 0 Å². The van der Waals surface area contributed by atoms with Crippen molar-refractivity contribution in [1.82, 2.24) is 9.62 Å². The number of amides is 1. The highest BCUT2D eigenvalue weighted by atomic mass is 32.2. The molecule has 0 aliphatic carbocycles. The van der Waals surface area contributed by atoms with Crippen LogP contribution in [-0.2, 0) is 19.6 Å². The first kappa shape index (κ1) is 26.5. The van der Waals surface area contributed by atoms with Gasteiger partial charge in [-0.1, -0.05) is 58.0 Å². The Labute approximate surface area is 195 Å². The molecule has 9 heteroatoms. The summed E-state index contributed by atoms with van der Waals surface area (Å²) < 4.78 is 45.8. The van der Waals surface area contributed by atoms with Crippen LogP contribution >= 0.6 is 0 Å². The van der Waals surface area contributed by atoms with Gasteiger partial charge < -0.3 is 10.1 Å². The van der Waals surface area contributed by atoms with Gasteiger partial charge in [-0.05, 0) is 36.1 Å². The molecule has 1 unspecified atom stereocenters. The smallest absolute Gasteiger partial charge is 0.341 e. The molecule has 1 N–H and O–H groups in total. The molecule has 2 aromatic rings. The topological polar surface area (TPSA) is 92.8 Å². The molecule has 1 amide bonds. The zero-order valence-electron chi connectivity index (χ0n) is 19.4. The minimum Gasteiger partial charge on any atom is -0.452 e. The van der Waals surface area contributed by atoms with Gasteiger partial charge in [-0.3, -0.25) is 4.79 Å². The number of rotatable bonds is 11. The maximum absolute atomic E-state index is 14.3. The second-order valence-electron chi connectivity index (χ2n) is 7.97. The van der Waals surface area contributed by atoms with E-state index in [1.807, 2.05) is 44.2 Å². The number of nitrogens with one attached hydrogen (secondary N) is 1. The number of esters is 1. The number of sulfonamides is 1. The Kier molecular flexibility index (Phi) is 9.55. The van der Waals surface area contributed by atoms with Gasteiger partial charge in [-0.25, -0.2) is 17.6 Å². The van der Waals surface area contributed by atoms with Gasteiger partial charge in [0, 0.05) is 13.1 Å². The van der Waals surface area contributed by atoms with E-state index < -0.39 is 39.9 Å². The summed E-state index contributed by atoms with van der Waals surface area (Å²) in [4.78, 5) is 24.7. The van der Waals surface area contributed by atoms with E-state index in [4.69, 9.17) is 4.74 Å². The van der Waals surface area contributed by atoms with E-state index in [-0.39, 0.29) is 24.0 Å². The van der Waals surface area contributed by atoms with Gasteiger partial charge in [0.2, 0.25) is 10.0 Å². The van der Waals surface area contributed by atoms with Crippen molar-refractivity contribution in [3.63, 3.8) is 0 Å². The van der Waals surface area contributed by atoms with E-state index in [1.54, 1.807) is 13.8 Å². The van der Waals surface area contributed by atoms with E-state index in [9.17, 15) is 22.4 Å². The summed E-state index contributed by atoms with van der Waals surface area (Å²) in [5.41, 5.74) is 0.379. The Morgan fingerprint density at radius 1 is 1.06 bits per heavy atom. The molecule has 0 radical (unpaired) electrons. The first-order valence-electron chi connectivity index (χ1n) is 10.9. The molecule has 0 bridgehead atoms. The Morgan fingerprint density at radius 3 is 2.27 bits per heavy atom. The second-order valence-corrected chi connectivity index (χ2v) is 9.91. The summed E-state index contributed by atoms with van der Waals surface area (Å²) >= 11 is 0. The molecule has 1 atom stereocenters. The third-order valence-electron chi connectivity index (χ3n) is 5.08. The number of benzene rings is 2. The van der Waals surface area contributed by atoms with E-state index in [1.165, 1.54) is 4.31 Å². The highest BCUT2D eigenvalue weighted by molar-refractivity contribution is 7.89. The highest BCUT2D eigenvalue weighted by Gasteiger charge is 2.25. The van der Waals surface area contributed by atoms with Crippen LogP contribution in [0.4, 0.5) is 4.39 Å². The average molecular weight is 479 g/mol. The van der Waals surface area contributed by atoms with Crippen LogP contribution < -0.4 is 5.32 Å². The summed E-state index contributed by atoms with van der Waals surface area (Å²) in [6.07, 6.45) is 0.684. The van der Waals surface area contributed by atoms with Crippen LogP contribution in [0.15, 0.2) is 53.4 Å². The number of nitrogens with zero attached hydrogens (tertiary/aromatic N) is 1. The number of halogens is 1. The molecule has 2 rings (SSSR count). The molecule has 2 aromatic carbocycles. The van der Waals surface area contributed by atoms with Crippen molar-refractivity contribution >= 4 is 21.9 Å². The number of carbonyl (C=O) groups excluding carboxylic acids is 2. The molecule has 7 nitrogen and oxygen atoms in total. The minimum atomic E-state index is -3.88. The molecule has 0 fully saturated rings. The first-order chi connectivity index (χ1) is 15.6. The van der Waals surface area contributed by atoms with Crippen LogP contribution in [0.3, 0.4) is 0 Å².